The van der Waals surface area contributed by atoms with Gasteiger partial charge in [-0.2, -0.15) is 10.5 Å². The number of nitrogens with two attached hydrogens (primary N) is 1. The highest BCUT2D eigenvalue weighted by atomic mass is 35.5. The third-order valence-corrected chi connectivity index (χ3v) is 4.07. The van der Waals surface area contributed by atoms with E-state index in [0.29, 0.717) is 25.3 Å². The van der Waals surface area contributed by atoms with E-state index in [1.165, 1.54) is 0 Å². The van der Waals surface area contributed by atoms with Crippen molar-refractivity contribution in [2.75, 3.05) is 18.9 Å². The van der Waals surface area contributed by atoms with Gasteiger partial charge in [0.05, 0.1) is 12.1 Å². The van der Waals surface area contributed by atoms with Crippen LogP contribution in [0.5, 0.6) is 0 Å². The molecule has 0 spiro atoms. The highest BCUT2D eigenvalue weighted by molar-refractivity contribution is 5.94. The van der Waals surface area contributed by atoms with Gasteiger partial charge < -0.3 is 21.3 Å². The predicted octanol–water partition coefficient (Wildman–Crippen LogP) is 0.961. The molecule has 0 aliphatic carbocycles. The Bertz CT molecular complexity index is 720. The summed E-state index contributed by atoms with van der Waals surface area (Å²) in [6, 6.07) is 8.51. The Morgan fingerprint density at radius 1 is 1.42 bits per heavy atom. The summed E-state index contributed by atoms with van der Waals surface area (Å²) in [5, 5.41) is 23.4. The highest BCUT2D eigenvalue weighted by Gasteiger charge is 2.31. The molecule has 1 aliphatic heterocycles. The van der Waals surface area contributed by atoms with Crippen LogP contribution in [-0.4, -0.2) is 42.4 Å². The number of rotatable bonds is 4. The largest absolute Gasteiger partial charge is 0.358 e. The summed E-state index contributed by atoms with van der Waals surface area (Å²) in [6.07, 6.45) is 3.67. The van der Waals surface area contributed by atoms with E-state index in [2.05, 4.69) is 21.7 Å². The first-order valence-electron chi connectivity index (χ1n) is 8.05. The second-order valence-corrected chi connectivity index (χ2v) is 5.76. The average Bonchev–Trinajstić information content (AvgIpc) is 3.10. The minimum Gasteiger partial charge on any atom is -0.358 e. The first-order valence-corrected chi connectivity index (χ1v) is 8.05. The quantitative estimate of drug-likeness (QED) is 0.408. The van der Waals surface area contributed by atoms with Gasteiger partial charge in [0, 0.05) is 19.3 Å². The molecule has 0 bridgehead atoms. The van der Waals surface area contributed by atoms with E-state index in [9.17, 15) is 4.79 Å². The van der Waals surface area contributed by atoms with Gasteiger partial charge in [0.1, 0.15) is 6.04 Å². The SMILES string of the molecule is CN/C(=N/C#N)Nc1ccc(C[C@H](N)C(=O)N2CCC[C@H]2C#N)cc1.Cl. The minimum absolute atomic E-state index is 0. The minimum atomic E-state index is -0.666. The van der Waals surface area contributed by atoms with Crippen LogP contribution in [0, 0.1) is 22.8 Å². The molecule has 26 heavy (non-hydrogen) atoms. The zero-order valence-electron chi connectivity index (χ0n) is 14.5. The number of likely N-dealkylation sites (tertiary alicyclic amines) is 1. The van der Waals surface area contributed by atoms with Crippen molar-refractivity contribution in [2.45, 2.75) is 31.3 Å². The summed E-state index contributed by atoms with van der Waals surface area (Å²) in [5.41, 5.74) is 7.72. The van der Waals surface area contributed by atoms with Crippen molar-refractivity contribution >= 4 is 30.0 Å². The zero-order chi connectivity index (χ0) is 18.2. The van der Waals surface area contributed by atoms with Crippen molar-refractivity contribution in [3.05, 3.63) is 29.8 Å². The summed E-state index contributed by atoms with van der Waals surface area (Å²) in [6.45, 7) is 0.596. The molecule has 1 fully saturated rings. The molecule has 8 nitrogen and oxygen atoms in total. The number of halogens is 1. The van der Waals surface area contributed by atoms with Crippen LogP contribution in [0.1, 0.15) is 18.4 Å². The van der Waals surface area contributed by atoms with Crippen molar-refractivity contribution < 1.29 is 4.79 Å². The number of benzene rings is 1. The van der Waals surface area contributed by atoms with Gasteiger partial charge in [-0.1, -0.05) is 12.1 Å². The Hall–Kier alpha value is -2.81. The number of hydrogen-bond donors (Lipinski definition) is 3. The summed E-state index contributed by atoms with van der Waals surface area (Å²) >= 11 is 0. The number of hydrogen-bond acceptors (Lipinski definition) is 5. The maximum atomic E-state index is 12.4. The molecule has 1 aromatic carbocycles. The molecule has 2 atom stereocenters. The monoisotopic (exact) mass is 375 g/mol. The fourth-order valence-corrected chi connectivity index (χ4v) is 2.78. The van der Waals surface area contributed by atoms with Gasteiger partial charge in [-0.15, -0.1) is 17.4 Å². The fourth-order valence-electron chi connectivity index (χ4n) is 2.78. The van der Waals surface area contributed by atoms with Gasteiger partial charge in [-0.3, -0.25) is 4.79 Å². The fraction of sp³-hybridized carbons (Fsp3) is 0.412. The maximum Gasteiger partial charge on any atom is 0.240 e. The third kappa shape index (κ3) is 5.35. The van der Waals surface area contributed by atoms with Gasteiger partial charge in [0.25, 0.3) is 0 Å². The number of nitrogens with zero attached hydrogens (tertiary/aromatic N) is 4. The molecule has 0 radical (unpaired) electrons. The molecule has 4 N–H and O–H groups in total. The van der Waals surface area contributed by atoms with E-state index < -0.39 is 6.04 Å². The average molecular weight is 376 g/mol. The molecular weight excluding hydrogens is 354 g/mol. The molecule has 0 unspecified atom stereocenters. The van der Waals surface area contributed by atoms with Gasteiger partial charge in [0.15, 0.2) is 0 Å². The number of nitrogens with one attached hydrogen (secondary N) is 2. The molecule has 138 valence electrons. The zero-order valence-corrected chi connectivity index (χ0v) is 15.3. The van der Waals surface area contributed by atoms with Crippen LogP contribution in [0.4, 0.5) is 5.69 Å². The Labute approximate surface area is 159 Å². The van der Waals surface area contributed by atoms with Gasteiger partial charge in [-0.05, 0) is 37.0 Å². The van der Waals surface area contributed by atoms with Crippen molar-refractivity contribution in [3.63, 3.8) is 0 Å². The van der Waals surface area contributed by atoms with Crippen molar-refractivity contribution in [3.8, 4) is 12.3 Å². The normalized spacial score (nSPS) is 17.5. The number of aliphatic imine (C=N–C) groups is 1. The predicted molar refractivity (Wildman–Crippen MR) is 101 cm³/mol. The molecule has 2 rings (SSSR count). The molecule has 1 aliphatic rings. The van der Waals surface area contributed by atoms with E-state index >= 15 is 0 Å². The molecule has 1 saturated heterocycles. The number of anilines is 1. The smallest absolute Gasteiger partial charge is 0.240 e. The van der Waals surface area contributed by atoms with Crippen molar-refractivity contribution in [1.82, 2.24) is 10.2 Å². The standard InChI is InChI=1S/C17H21N7O.ClH/c1-21-17(22-11-19)23-13-6-4-12(5-7-13)9-15(20)16(25)24-8-2-3-14(24)10-18;/h4-7,14-15H,2-3,8-9,20H2,1H3,(H2,21,22,23);1H/t14-,15-;/m0./s1. The number of carbonyl (C=O) groups excluding carboxylic acids is 1. The molecule has 9 heteroatoms. The molecule has 1 heterocycles. The summed E-state index contributed by atoms with van der Waals surface area (Å²) < 4.78 is 0. The topological polar surface area (TPSA) is 130 Å². The van der Waals surface area contributed by atoms with E-state index in [1.54, 1.807) is 18.1 Å². The van der Waals surface area contributed by atoms with Crippen LogP contribution >= 0.6 is 12.4 Å². The lowest BCUT2D eigenvalue weighted by atomic mass is 10.0. The Morgan fingerprint density at radius 3 is 2.69 bits per heavy atom. The first kappa shape index (κ1) is 21.2. The second-order valence-electron chi connectivity index (χ2n) is 5.76. The molecule has 0 aromatic heterocycles. The summed E-state index contributed by atoms with van der Waals surface area (Å²) in [5.74, 6) is 0.170. The van der Waals surface area contributed by atoms with Crippen molar-refractivity contribution in [2.24, 2.45) is 10.7 Å². The van der Waals surface area contributed by atoms with Gasteiger partial charge in [-0.25, -0.2) is 0 Å². The lowest BCUT2D eigenvalue weighted by Gasteiger charge is -2.23. The van der Waals surface area contributed by atoms with Crippen LogP contribution in [0.3, 0.4) is 0 Å². The van der Waals surface area contributed by atoms with E-state index in [-0.39, 0.29) is 24.4 Å². The van der Waals surface area contributed by atoms with Crippen LogP contribution in [0.15, 0.2) is 29.3 Å². The van der Waals surface area contributed by atoms with E-state index in [4.69, 9.17) is 16.3 Å². The first-order chi connectivity index (χ1) is 12.1. The Balaban J connectivity index is 0.00000338. The maximum absolute atomic E-state index is 12.4. The summed E-state index contributed by atoms with van der Waals surface area (Å²) in [4.78, 5) is 17.6. The van der Waals surface area contributed by atoms with E-state index in [0.717, 1.165) is 17.7 Å². The van der Waals surface area contributed by atoms with Gasteiger partial charge >= 0.3 is 0 Å². The van der Waals surface area contributed by atoms with Crippen LogP contribution in [0.25, 0.3) is 0 Å². The third-order valence-electron chi connectivity index (χ3n) is 4.07. The molecule has 0 saturated carbocycles. The van der Waals surface area contributed by atoms with Crippen LogP contribution < -0.4 is 16.4 Å². The number of guanidine groups is 1. The van der Waals surface area contributed by atoms with Crippen molar-refractivity contribution in [1.29, 1.82) is 10.5 Å². The molecule has 1 amide bonds. The van der Waals surface area contributed by atoms with Crippen LogP contribution in [-0.2, 0) is 11.2 Å². The van der Waals surface area contributed by atoms with E-state index in [1.807, 2.05) is 24.3 Å². The molecular formula is C17H22ClN7O. The number of amides is 1. The number of nitriles is 2. The Morgan fingerprint density at radius 2 is 2.12 bits per heavy atom. The molecule has 1 aromatic rings. The lowest BCUT2D eigenvalue weighted by molar-refractivity contribution is -0.132. The summed E-state index contributed by atoms with van der Waals surface area (Å²) in [7, 11) is 1.66. The second kappa shape index (κ2) is 10.2. The number of carbonyl (C=O) groups is 1. The van der Waals surface area contributed by atoms with Gasteiger partial charge in [0.2, 0.25) is 18.1 Å². The lowest BCUT2D eigenvalue weighted by Crippen LogP contribution is -2.46. The van der Waals surface area contributed by atoms with Crippen LogP contribution in [0.2, 0.25) is 0 Å². The highest BCUT2D eigenvalue weighted by Crippen LogP contribution is 2.18. The Kier molecular flexibility index (Phi) is 8.36.